The number of aromatic amines is 1. The minimum atomic E-state index is 0.117. The first kappa shape index (κ1) is 20.2. The van der Waals surface area contributed by atoms with E-state index in [9.17, 15) is 4.79 Å². The highest BCUT2D eigenvalue weighted by Crippen LogP contribution is 2.29. The van der Waals surface area contributed by atoms with Crippen LogP contribution in [0, 0.1) is 12.8 Å². The molecule has 1 atom stereocenters. The smallest absolute Gasteiger partial charge is 0.255 e. The molecule has 29 heavy (non-hydrogen) atoms. The Morgan fingerprint density at radius 3 is 2.66 bits per heavy atom. The highest BCUT2D eigenvalue weighted by Gasteiger charge is 2.32. The van der Waals surface area contributed by atoms with Gasteiger partial charge < -0.3 is 14.6 Å². The summed E-state index contributed by atoms with van der Waals surface area (Å²) in [7, 11) is 1.70. The lowest BCUT2D eigenvalue weighted by Gasteiger charge is -2.38. The molecular formula is C24H33N3O2. The molecule has 0 saturated carbocycles. The van der Waals surface area contributed by atoms with Crippen molar-refractivity contribution in [3.05, 3.63) is 58.9 Å². The number of hydrogen-bond donors (Lipinski definition) is 1. The minimum Gasteiger partial charge on any atom is -0.383 e. The molecule has 4 rings (SSSR count). The van der Waals surface area contributed by atoms with Crippen molar-refractivity contribution in [2.75, 3.05) is 39.9 Å². The average molecular weight is 396 g/mol. The number of amides is 1. The molecular weight excluding hydrogens is 362 g/mol. The van der Waals surface area contributed by atoms with Gasteiger partial charge in [-0.25, -0.2) is 0 Å². The van der Waals surface area contributed by atoms with E-state index in [0.717, 1.165) is 37.2 Å². The zero-order valence-electron chi connectivity index (χ0n) is 17.7. The highest BCUT2D eigenvalue weighted by atomic mass is 16.5. The monoisotopic (exact) mass is 395 g/mol. The standard InChI is InChI=1S/C24H33N3O2/c1-18-23(9-10-25-18)24(28)27(12-13-29-2)17-19-6-5-11-26(16-19)22-14-20-7-3-4-8-21(20)15-22/h3-4,7-10,19,22,25H,5-6,11-17H2,1-2H3. The third-order valence-electron chi connectivity index (χ3n) is 6.61. The van der Waals surface area contributed by atoms with Crippen molar-refractivity contribution in [3.8, 4) is 0 Å². The number of fused-ring (bicyclic) bond motifs is 1. The van der Waals surface area contributed by atoms with Gasteiger partial charge in [0.25, 0.3) is 5.91 Å². The lowest BCUT2D eigenvalue weighted by Crippen LogP contribution is -2.47. The van der Waals surface area contributed by atoms with Crippen LogP contribution in [0.1, 0.15) is 40.0 Å². The van der Waals surface area contributed by atoms with E-state index in [4.69, 9.17) is 4.74 Å². The number of nitrogens with one attached hydrogen (secondary N) is 1. The van der Waals surface area contributed by atoms with Gasteiger partial charge in [0.05, 0.1) is 12.2 Å². The summed E-state index contributed by atoms with van der Waals surface area (Å²) in [4.78, 5) is 20.9. The predicted octanol–water partition coefficient (Wildman–Crippen LogP) is 3.29. The van der Waals surface area contributed by atoms with Gasteiger partial charge in [0.15, 0.2) is 0 Å². The van der Waals surface area contributed by atoms with Crippen molar-refractivity contribution < 1.29 is 9.53 Å². The Morgan fingerprint density at radius 2 is 2.00 bits per heavy atom. The Hall–Kier alpha value is -2.11. The quantitative estimate of drug-likeness (QED) is 0.783. The zero-order valence-corrected chi connectivity index (χ0v) is 17.7. The number of hydrogen-bond acceptors (Lipinski definition) is 3. The van der Waals surface area contributed by atoms with Gasteiger partial charge in [0.2, 0.25) is 0 Å². The van der Waals surface area contributed by atoms with Crippen LogP contribution in [-0.2, 0) is 17.6 Å². The summed E-state index contributed by atoms with van der Waals surface area (Å²) in [5.41, 5.74) is 4.74. The molecule has 1 fully saturated rings. The van der Waals surface area contributed by atoms with Gasteiger partial charge in [-0.2, -0.15) is 0 Å². The molecule has 2 aliphatic rings. The molecule has 1 N–H and O–H groups in total. The summed E-state index contributed by atoms with van der Waals surface area (Å²) in [6, 6.07) is 11.4. The molecule has 0 spiro atoms. The normalized spacial score (nSPS) is 20.0. The minimum absolute atomic E-state index is 0.117. The van der Waals surface area contributed by atoms with Gasteiger partial charge in [-0.3, -0.25) is 9.69 Å². The van der Waals surface area contributed by atoms with Crippen LogP contribution in [0.2, 0.25) is 0 Å². The summed E-state index contributed by atoms with van der Waals surface area (Å²) in [6.07, 6.45) is 6.58. The molecule has 1 amide bonds. The van der Waals surface area contributed by atoms with Crippen molar-refractivity contribution in [2.45, 2.75) is 38.6 Å². The van der Waals surface area contributed by atoms with Crippen LogP contribution in [0.5, 0.6) is 0 Å². The number of aromatic nitrogens is 1. The van der Waals surface area contributed by atoms with Gasteiger partial charge >= 0.3 is 0 Å². The molecule has 1 unspecified atom stereocenters. The Bertz CT molecular complexity index is 806. The average Bonchev–Trinajstić information content (AvgIpc) is 3.37. The second-order valence-electron chi connectivity index (χ2n) is 8.59. The molecule has 2 aromatic rings. The van der Waals surface area contributed by atoms with Crippen LogP contribution in [-0.4, -0.2) is 66.6 Å². The summed E-state index contributed by atoms with van der Waals surface area (Å²) in [6.45, 7) is 6.25. The topological polar surface area (TPSA) is 48.6 Å². The summed E-state index contributed by atoms with van der Waals surface area (Å²) in [5, 5.41) is 0. The first-order valence-electron chi connectivity index (χ1n) is 10.9. The lowest BCUT2D eigenvalue weighted by molar-refractivity contribution is 0.0573. The van der Waals surface area contributed by atoms with Gasteiger partial charge in [0, 0.05) is 44.7 Å². The Morgan fingerprint density at radius 1 is 1.24 bits per heavy atom. The van der Waals surface area contributed by atoms with E-state index < -0.39 is 0 Å². The largest absolute Gasteiger partial charge is 0.383 e. The van der Waals surface area contributed by atoms with Gasteiger partial charge in [-0.15, -0.1) is 0 Å². The number of ether oxygens (including phenoxy) is 1. The number of aryl methyl sites for hydroxylation is 1. The van der Waals surface area contributed by atoms with Gasteiger partial charge in [0.1, 0.15) is 0 Å². The van der Waals surface area contributed by atoms with Crippen LogP contribution < -0.4 is 0 Å². The number of nitrogens with zero attached hydrogens (tertiary/aromatic N) is 2. The predicted molar refractivity (Wildman–Crippen MR) is 115 cm³/mol. The first-order chi connectivity index (χ1) is 14.2. The van der Waals surface area contributed by atoms with Gasteiger partial charge in [-0.1, -0.05) is 24.3 Å². The molecule has 156 valence electrons. The third-order valence-corrected chi connectivity index (χ3v) is 6.61. The highest BCUT2D eigenvalue weighted by molar-refractivity contribution is 5.95. The van der Waals surface area contributed by atoms with Gasteiger partial charge in [-0.05, 0) is 62.3 Å². The molecule has 0 bridgehead atoms. The van der Waals surface area contributed by atoms with Crippen molar-refractivity contribution >= 4 is 5.91 Å². The maximum atomic E-state index is 13.1. The number of methoxy groups -OCH3 is 1. The van der Waals surface area contributed by atoms with E-state index in [2.05, 4.69) is 34.1 Å². The number of carbonyl (C=O) groups is 1. The van der Waals surface area contributed by atoms with E-state index in [-0.39, 0.29) is 5.91 Å². The summed E-state index contributed by atoms with van der Waals surface area (Å²) >= 11 is 0. The maximum absolute atomic E-state index is 13.1. The Balaban J connectivity index is 1.40. The van der Waals surface area contributed by atoms with E-state index in [1.54, 1.807) is 7.11 Å². The Kier molecular flexibility index (Phi) is 6.36. The molecule has 5 nitrogen and oxygen atoms in total. The molecule has 5 heteroatoms. The molecule has 2 heterocycles. The number of carbonyl (C=O) groups excluding carboxylic acids is 1. The molecule has 1 aliphatic heterocycles. The second kappa shape index (κ2) is 9.14. The fraction of sp³-hybridized carbons (Fsp3) is 0.542. The third kappa shape index (κ3) is 4.57. The van der Waals surface area contributed by atoms with Crippen molar-refractivity contribution in [1.29, 1.82) is 0 Å². The molecule has 1 aromatic heterocycles. The fourth-order valence-corrected chi connectivity index (χ4v) is 5.02. The summed E-state index contributed by atoms with van der Waals surface area (Å²) < 4.78 is 5.29. The van der Waals surface area contributed by atoms with Crippen molar-refractivity contribution in [3.63, 3.8) is 0 Å². The molecule has 1 aromatic carbocycles. The number of piperidine rings is 1. The summed E-state index contributed by atoms with van der Waals surface area (Å²) in [5.74, 6) is 0.638. The van der Waals surface area contributed by atoms with Crippen LogP contribution >= 0.6 is 0 Å². The van der Waals surface area contributed by atoms with E-state index >= 15 is 0 Å². The maximum Gasteiger partial charge on any atom is 0.255 e. The van der Waals surface area contributed by atoms with E-state index in [0.29, 0.717) is 25.1 Å². The Labute approximate surface area is 174 Å². The lowest BCUT2D eigenvalue weighted by atomic mass is 9.95. The zero-order chi connectivity index (χ0) is 20.2. The molecule has 0 radical (unpaired) electrons. The fourth-order valence-electron chi connectivity index (χ4n) is 5.02. The number of benzene rings is 1. The molecule has 1 aliphatic carbocycles. The van der Waals surface area contributed by atoms with E-state index in [1.165, 1.54) is 30.5 Å². The number of likely N-dealkylation sites (tertiary alicyclic amines) is 1. The van der Waals surface area contributed by atoms with Crippen LogP contribution in [0.4, 0.5) is 0 Å². The van der Waals surface area contributed by atoms with Crippen molar-refractivity contribution in [2.24, 2.45) is 5.92 Å². The second-order valence-corrected chi connectivity index (χ2v) is 8.59. The van der Waals surface area contributed by atoms with Crippen LogP contribution in [0.3, 0.4) is 0 Å². The molecule has 1 saturated heterocycles. The SMILES string of the molecule is COCCN(CC1CCCN(C2Cc3ccccc3C2)C1)C(=O)c1cc[nH]c1C. The number of H-pyrrole nitrogens is 1. The first-order valence-corrected chi connectivity index (χ1v) is 10.9. The van der Waals surface area contributed by atoms with E-state index in [1.807, 2.05) is 24.1 Å². The van der Waals surface area contributed by atoms with Crippen LogP contribution in [0.15, 0.2) is 36.5 Å². The van der Waals surface area contributed by atoms with Crippen molar-refractivity contribution in [1.82, 2.24) is 14.8 Å². The number of rotatable bonds is 7. The van der Waals surface area contributed by atoms with Crippen LogP contribution in [0.25, 0.3) is 0 Å².